The lowest BCUT2D eigenvalue weighted by Gasteiger charge is -2.38. The van der Waals surface area contributed by atoms with Crippen molar-refractivity contribution in [3.63, 3.8) is 0 Å². The Kier molecular flexibility index (Phi) is 14.1. The summed E-state index contributed by atoms with van der Waals surface area (Å²) in [6.45, 7) is 15.8. The van der Waals surface area contributed by atoms with E-state index in [0.717, 1.165) is 11.3 Å². The molecule has 0 unspecified atom stereocenters. The number of aromatic carboxylic acids is 1. The predicted molar refractivity (Wildman–Crippen MR) is 168 cm³/mol. The molecule has 11 nitrogen and oxygen atoms in total. The standard InChI is InChI=1S/C29H41IN4O7S/c1-11-19(12-2)24(17(6)31-28(40)29(8,9)34(30)23(36)13-3)26(37)33(10)21(16(4)5)14-22(41-18(7)35)25-32-20(15-42-25)27(38)39/h1,15-16,19,21-22,24H,6,12-14H2,2-5,7-10H3,(H,31,40)(H,38,39)/t19-,21+,22+,24-/m0/s1. The molecule has 0 aliphatic rings. The maximum Gasteiger partial charge on any atom is 0.355 e. The molecule has 2 N–H and O–H groups in total. The Labute approximate surface area is 265 Å². The van der Waals surface area contributed by atoms with Crippen LogP contribution in [-0.4, -0.2) is 66.4 Å². The number of ether oxygens (including phenoxy) is 1. The quantitative estimate of drug-likeness (QED) is 0.116. The van der Waals surface area contributed by atoms with Gasteiger partial charge in [0.05, 0.1) is 28.8 Å². The summed E-state index contributed by atoms with van der Waals surface area (Å²) in [5.41, 5.74) is -1.31. The van der Waals surface area contributed by atoms with E-state index in [1.165, 1.54) is 20.3 Å². The van der Waals surface area contributed by atoms with Crippen molar-refractivity contribution < 1.29 is 33.8 Å². The molecule has 13 heteroatoms. The number of nitrogens with zero attached hydrogens (tertiary/aromatic N) is 3. The van der Waals surface area contributed by atoms with Crippen molar-refractivity contribution in [3.05, 3.63) is 28.4 Å². The van der Waals surface area contributed by atoms with Gasteiger partial charge in [-0.3, -0.25) is 22.3 Å². The van der Waals surface area contributed by atoms with Crippen LogP contribution in [0, 0.1) is 30.1 Å². The molecule has 4 atom stereocenters. The van der Waals surface area contributed by atoms with Gasteiger partial charge >= 0.3 is 11.9 Å². The van der Waals surface area contributed by atoms with Crippen LogP contribution in [-0.2, 0) is 23.9 Å². The van der Waals surface area contributed by atoms with Crippen molar-refractivity contribution in [3.8, 4) is 12.3 Å². The van der Waals surface area contributed by atoms with E-state index in [-0.39, 0.29) is 36.1 Å². The number of amides is 3. The maximum absolute atomic E-state index is 14.1. The molecule has 0 saturated carbocycles. The molecule has 0 saturated heterocycles. The number of hydrogen-bond acceptors (Lipinski definition) is 8. The summed E-state index contributed by atoms with van der Waals surface area (Å²) in [5.74, 6) is -2.01. The Balaban J connectivity index is 3.39. The summed E-state index contributed by atoms with van der Waals surface area (Å²) in [5, 5.41) is 13.7. The van der Waals surface area contributed by atoms with Crippen LogP contribution in [0.4, 0.5) is 0 Å². The second kappa shape index (κ2) is 16.0. The number of halogens is 1. The van der Waals surface area contributed by atoms with Crippen LogP contribution < -0.4 is 5.32 Å². The van der Waals surface area contributed by atoms with Gasteiger partial charge in [0.1, 0.15) is 10.5 Å². The molecule has 0 aliphatic heterocycles. The summed E-state index contributed by atoms with van der Waals surface area (Å²) in [6.07, 6.45) is 5.69. The number of esters is 1. The number of hydrogen-bond donors (Lipinski definition) is 2. The third-order valence-corrected chi connectivity index (χ3v) is 9.62. The number of terminal acetylenes is 1. The van der Waals surface area contributed by atoms with Gasteiger partial charge in [-0.2, -0.15) is 0 Å². The Hall–Kier alpha value is -2.99. The van der Waals surface area contributed by atoms with Crippen molar-refractivity contribution in [2.45, 2.75) is 85.4 Å². The first-order valence-corrected chi connectivity index (χ1v) is 15.4. The topological polar surface area (TPSA) is 146 Å². The number of rotatable bonds is 15. The third kappa shape index (κ3) is 9.26. The van der Waals surface area contributed by atoms with E-state index < -0.39 is 53.3 Å². The minimum absolute atomic E-state index is 0.105. The van der Waals surface area contributed by atoms with E-state index >= 15 is 0 Å². The van der Waals surface area contributed by atoms with Crippen LogP contribution in [0.1, 0.15) is 89.3 Å². The first kappa shape index (κ1) is 37.0. The molecule has 0 fully saturated rings. The van der Waals surface area contributed by atoms with Crippen molar-refractivity contribution in [2.75, 3.05) is 7.05 Å². The zero-order chi connectivity index (χ0) is 32.5. The Bertz CT molecular complexity index is 1220. The number of thiazole rings is 1. The monoisotopic (exact) mass is 716 g/mol. The van der Waals surface area contributed by atoms with Crippen molar-refractivity contribution in [2.24, 2.45) is 17.8 Å². The Morgan fingerprint density at radius 1 is 1.26 bits per heavy atom. The lowest BCUT2D eigenvalue weighted by atomic mass is 9.85. The lowest BCUT2D eigenvalue weighted by Crippen LogP contribution is -2.54. The van der Waals surface area contributed by atoms with E-state index in [9.17, 15) is 29.1 Å². The number of carbonyl (C=O) groups excluding carboxylic acids is 4. The van der Waals surface area contributed by atoms with Crippen molar-refractivity contribution in [1.82, 2.24) is 18.3 Å². The van der Waals surface area contributed by atoms with Gasteiger partial charge in [0.25, 0.3) is 0 Å². The minimum atomic E-state index is -1.24. The third-order valence-electron chi connectivity index (χ3n) is 6.93. The SMILES string of the molecule is C#C[C@@H](CC)[C@H](C(=C)NC(=O)C(C)(C)N(I)C(=O)CC)C(=O)N(C)[C@H](C[C@@H](OC(C)=O)c1nc(C(=O)O)cs1)C(C)C. The minimum Gasteiger partial charge on any atom is -0.476 e. The summed E-state index contributed by atoms with van der Waals surface area (Å²) in [7, 11) is 1.60. The Morgan fingerprint density at radius 2 is 1.86 bits per heavy atom. The van der Waals surface area contributed by atoms with Gasteiger partial charge in [-0.1, -0.05) is 34.3 Å². The average molecular weight is 717 g/mol. The zero-order valence-corrected chi connectivity index (χ0v) is 28.4. The van der Waals surface area contributed by atoms with Crippen LogP contribution in [0.3, 0.4) is 0 Å². The summed E-state index contributed by atoms with van der Waals surface area (Å²) in [6, 6.07) is -0.497. The smallest absolute Gasteiger partial charge is 0.355 e. The van der Waals surface area contributed by atoms with Gasteiger partial charge in [0.2, 0.25) is 17.7 Å². The average Bonchev–Trinajstić information content (AvgIpc) is 3.42. The summed E-state index contributed by atoms with van der Waals surface area (Å²) >= 11 is 2.85. The lowest BCUT2D eigenvalue weighted by molar-refractivity contribution is -0.148. The highest BCUT2D eigenvalue weighted by molar-refractivity contribution is 14.1. The van der Waals surface area contributed by atoms with Crippen LogP contribution in [0.2, 0.25) is 0 Å². The number of nitrogens with one attached hydrogen (secondary N) is 1. The largest absolute Gasteiger partial charge is 0.476 e. The molecule has 0 bridgehead atoms. The highest BCUT2D eigenvalue weighted by Crippen LogP contribution is 2.33. The summed E-state index contributed by atoms with van der Waals surface area (Å²) < 4.78 is 6.83. The highest BCUT2D eigenvalue weighted by Gasteiger charge is 2.40. The molecule has 1 aromatic rings. The van der Waals surface area contributed by atoms with Gasteiger partial charge in [0, 0.05) is 49.8 Å². The predicted octanol–water partition coefficient (Wildman–Crippen LogP) is 4.59. The van der Waals surface area contributed by atoms with E-state index in [1.807, 2.05) is 20.8 Å². The van der Waals surface area contributed by atoms with Gasteiger partial charge in [-0.25, -0.2) is 9.78 Å². The first-order chi connectivity index (χ1) is 19.4. The Morgan fingerprint density at radius 3 is 2.29 bits per heavy atom. The first-order valence-electron chi connectivity index (χ1n) is 13.5. The van der Waals surface area contributed by atoms with Crippen LogP contribution in [0.5, 0.6) is 0 Å². The molecule has 1 heterocycles. The fourth-order valence-corrected chi connectivity index (χ4v) is 5.74. The number of carboxylic acid groups (broad SMARTS) is 1. The van der Waals surface area contributed by atoms with Gasteiger partial charge in [0.15, 0.2) is 11.8 Å². The molecular formula is C29H41IN4O7S. The molecule has 1 aromatic heterocycles. The molecule has 0 spiro atoms. The van der Waals surface area contributed by atoms with E-state index in [2.05, 4.69) is 22.8 Å². The summed E-state index contributed by atoms with van der Waals surface area (Å²) in [4.78, 5) is 68.6. The normalized spacial score (nSPS) is 14.1. The van der Waals surface area contributed by atoms with Crippen LogP contribution in [0.25, 0.3) is 0 Å². The molecule has 1 rings (SSSR count). The second-order valence-corrected chi connectivity index (χ2v) is 12.6. The van der Waals surface area contributed by atoms with Crippen molar-refractivity contribution in [1.29, 1.82) is 0 Å². The van der Waals surface area contributed by atoms with E-state index in [1.54, 1.807) is 50.7 Å². The van der Waals surface area contributed by atoms with E-state index in [0.29, 0.717) is 11.4 Å². The highest BCUT2D eigenvalue weighted by atomic mass is 127. The fraction of sp³-hybridized carbons (Fsp3) is 0.586. The van der Waals surface area contributed by atoms with Gasteiger partial charge in [-0.15, -0.1) is 23.7 Å². The van der Waals surface area contributed by atoms with Crippen molar-refractivity contribution >= 4 is 63.9 Å². The molecule has 3 amide bonds. The van der Waals surface area contributed by atoms with Crippen LogP contribution >= 0.6 is 34.2 Å². The molecule has 0 aliphatic carbocycles. The maximum atomic E-state index is 14.1. The number of carbonyl (C=O) groups is 5. The zero-order valence-electron chi connectivity index (χ0n) is 25.4. The fourth-order valence-electron chi connectivity index (χ4n) is 4.34. The second-order valence-electron chi connectivity index (χ2n) is 10.7. The molecule has 0 aromatic carbocycles. The molecule has 42 heavy (non-hydrogen) atoms. The van der Waals surface area contributed by atoms with Crippen LogP contribution in [0.15, 0.2) is 17.7 Å². The van der Waals surface area contributed by atoms with Gasteiger partial charge < -0.3 is 20.1 Å². The number of carboxylic acids is 1. The molecular weight excluding hydrogens is 675 g/mol. The van der Waals surface area contributed by atoms with E-state index in [4.69, 9.17) is 11.2 Å². The van der Waals surface area contributed by atoms with Gasteiger partial charge in [-0.05, 0) is 26.2 Å². The molecule has 0 radical (unpaired) electrons. The number of aromatic nitrogens is 1. The molecule has 232 valence electrons.